The largest absolute Gasteiger partial charge is 0.394 e. The van der Waals surface area contributed by atoms with Crippen LogP contribution in [0.5, 0.6) is 0 Å². The SMILES string of the molecule is Cc1ccc(C(=O)NC(CO)Cc2ccccc2)c(-n2cnnn2)c1C. The van der Waals surface area contributed by atoms with Gasteiger partial charge < -0.3 is 10.4 Å². The van der Waals surface area contributed by atoms with Crippen LogP contribution in [0.1, 0.15) is 27.0 Å². The Hall–Kier alpha value is -3.06. The average Bonchev–Trinajstić information content (AvgIpc) is 3.18. The van der Waals surface area contributed by atoms with E-state index in [1.807, 2.05) is 50.2 Å². The molecule has 1 heterocycles. The summed E-state index contributed by atoms with van der Waals surface area (Å²) >= 11 is 0. The van der Waals surface area contributed by atoms with Gasteiger partial charge in [0.15, 0.2) is 0 Å². The summed E-state index contributed by atoms with van der Waals surface area (Å²) in [6, 6.07) is 13.0. The monoisotopic (exact) mass is 351 g/mol. The Morgan fingerprint density at radius 3 is 2.62 bits per heavy atom. The van der Waals surface area contributed by atoms with Gasteiger partial charge in [0.2, 0.25) is 0 Å². The first-order valence-electron chi connectivity index (χ1n) is 8.39. The molecule has 0 aliphatic rings. The van der Waals surface area contributed by atoms with Gasteiger partial charge in [0.1, 0.15) is 6.33 Å². The van der Waals surface area contributed by atoms with Gasteiger partial charge in [0.25, 0.3) is 5.91 Å². The Balaban J connectivity index is 1.86. The molecule has 7 heteroatoms. The molecule has 0 aliphatic carbocycles. The molecule has 1 unspecified atom stereocenters. The fourth-order valence-electron chi connectivity index (χ4n) is 2.87. The summed E-state index contributed by atoms with van der Waals surface area (Å²) in [6.07, 6.45) is 2.01. The van der Waals surface area contributed by atoms with Gasteiger partial charge in [-0.3, -0.25) is 4.79 Å². The van der Waals surface area contributed by atoms with Gasteiger partial charge in [-0.25, -0.2) is 0 Å². The molecule has 2 aromatic carbocycles. The number of aliphatic hydroxyl groups is 1. The van der Waals surface area contributed by atoms with E-state index >= 15 is 0 Å². The minimum absolute atomic E-state index is 0.147. The predicted molar refractivity (Wildman–Crippen MR) is 97.1 cm³/mol. The van der Waals surface area contributed by atoms with Crippen LogP contribution in [-0.4, -0.2) is 43.9 Å². The lowest BCUT2D eigenvalue weighted by Crippen LogP contribution is -2.39. The molecule has 134 valence electrons. The van der Waals surface area contributed by atoms with Crippen LogP contribution in [0.25, 0.3) is 5.69 Å². The topological polar surface area (TPSA) is 92.9 Å². The molecule has 0 saturated heterocycles. The fraction of sp³-hybridized carbons (Fsp3) is 0.263. The Morgan fingerprint density at radius 1 is 1.19 bits per heavy atom. The maximum absolute atomic E-state index is 12.9. The van der Waals surface area contributed by atoms with Crippen molar-refractivity contribution in [3.05, 3.63) is 71.0 Å². The summed E-state index contributed by atoms with van der Waals surface area (Å²) in [5.41, 5.74) is 4.12. The Kier molecular flexibility index (Phi) is 5.38. The molecule has 0 bridgehead atoms. The van der Waals surface area contributed by atoms with E-state index in [2.05, 4.69) is 20.8 Å². The molecule has 7 nitrogen and oxygen atoms in total. The molecule has 1 aromatic heterocycles. The van der Waals surface area contributed by atoms with Crippen molar-refractivity contribution in [1.29, 1.82) is 0 Å². The number of amides is 1. The minimum Gasteiger partial charge on any atom is -0.394 e. The number of tetrazole rings is 1. The third-order valence-electron chi connectivity index (χ3n) is 4.41. The number of nitrogens with one attached hydrogen (secondary N) is 1. The lowest BCUT2D eigenvalue weighted by atomic mass is 10.0. The molecule has 0 radical (unpaired) electrons. The van der Waals surface area contributed by atoms with Gasteiger partial charge in [-0.1, -0.05) is 36.4 Å². The third kappa shape index (κ3) is 3.78. The first-order valence-corrected chi connectivity index (χ1v) is 8.39. The van der Waals surface area contributed by atoms with Crippen molar-refractivity contribution in [2.45, 2.75) is 26.3 Å². The van der Waals surface area contributed by atoms with Crippen LogP contribution in [-0.2, 0) is 6.42 Å². The highest BCUT2D eigenvalue weighted by molar-refractivity contribution is 5.98. The van der Waals surface area contributed by atoms with Crippen LogP contribution < -0.4 is 5.32 Å². The molecule has 2 N–H and O–H groups in total. The Morgan fingerprint density at radius 2 is 1.96 bits per heavy atom. The van der Waals surface area contributed by atoms with E-state index in [0.29, 0.717) is 17.7 Å². The Bertz CT molecular complexity index is 878. The normalized spacial score (nSPS) is 12.0. The maximum atomic E-state index is 12.9. The molecule has 26 heavy (non-hydrogen) atoms. The van der Waals surface area contributed by atoms with Gasteiger partial charge in [0, 0.05) is 0 Å². The van der Waals surface area contributed by atoms with Crippen molar-refractivity contribution in [3.63, 3.8) is 0 Å². The number of nitrogens with zero attached hydrogens (tertiary/aromatic N) is 4. The zero-order chi connectivity index (χ0) is 18.5. The van der Waals surface area contributed by atoms with Crippen molar-refractivity contribution in [2.75, 3.05) is 6.61 Å². The van der Waals surface area contributed by atoms with E-state index in [1.165, 1.54) is 11.0 Å². The number of hydrogen-bond acceptors (Lipinski definition) is 5. The molecule has 0 saturated carbocycles. The summed E-state index contributed by atoms with van der Waals surface area (Å²) in [5, 5.41) is 23.8. The fourth-order valence-corrected chi connectivity index (χ4v) is 2.87. The van der Waals surface area contributed by atoms with Gasteiger partial charge in [-0.05, 0) is 53.5 Å². The predicted octanol–water partition coefficient (Wildman–Crippen LogP) is 1.61. The lowest BCUT2D eigenvalue weighted by molar-refractivity contribution is 0.0916. The summed E-state index contributed by atoms with van der Waals surface area (Å²) < 4.78 is 1.49. The second kappa shape index (κ2) is 7.88. The van der Waals surface area contributed by atoms with Gasteiger partial charge in [0.05, 0.1) is 23.9 Å². The number of benzene rings is 2. The zero-order valence-electron chi connectivity index (χ0n) is 14.8. The van der Waals surface area contributed by atoms with E-state index in [4.69, 9.17) is 0 Å². The third-order valence-corrected chi connectivity index (χ3v) is 4.41. The highest BCUT2D eigenvalue weighted by Gasteiger charge is 2.20. The second-order valence-electron chi connectivity index (χ2n) is 6.20. The summed E-state index contributed by atoms with van der Waals surface area (Å²) in [7, 11) is 0. The highest BCUT2D eigenvalue weighted by Crippen LogP contribution is 2.22. The number of rotatable bonds is 6. The second-order valence-corrected chi connectivity index (χ2v) is 6.20. The van der Waals surface area contributed by atoms with Crippen LogP contribution in [0.2, 0.25) is 0 Å². The van der Waals surface area contributed by atoms with Crippen LogP contribution in [0.15, 0.2) is 48.8 Å². The van der Waals surface area contributed by atoms with E-state index in [-0.39, 0.29) is 18.6 Å². The van der Waals surface area contributed by atoms with Crippen molar-refractivity contribution < 1.29 is 9.90 Å². The van der Waals surface area contributed by atoms with Crippen molar-refractivity contribution in [2.24, 2.45) is 0 Å². The van der Waals surface area contributed by atoms with E-state index in [9.17, 15) is 9.90 Å². The number of aromatic nitrogens is 4. The van der Waals surface area contributed by atoms with Gasteiger partial charge in [-0.2, -0.15) is 4.68 Å². The standard InChI is InChI=1S/C19H21N5O2/c1-13-8-9-17(18(14(13)2)24-12-20-22-23-24)19(26)21-16(11-25)10-15-6-4-3-5-7-15/h3-9,12,16,25H,10-11H2,1-2H3,(H,21,26). The van der Waals surface area contributed by atoms with Crippen molar-refractivity contribution >= 4 is 5.91 Å². The van der Waals surface area contributed by atoms with E-state index in [1.54, 1.807) is 6.07 Å². The number of hydrogen-bond donors (Lipinski definition) is 2. The molecular weight excluding hydrogens is 330 g/mol. The van der Waals surface area contributed by atoms with E-state index < -0.39 is 0 Å². The number of carbonyl (C=O) groups excluding carboxylic acids is 1. The first kappa shape index (κ1) is 17.8. The zero-order valence-corrected chi connectivity index (χ0v) is 14.8. The smallest absolute Gasteiger partial charge is 0.253 e. The number of aryl methyl sites for hydroxylation is 1. The molecule has 0 fully saturated rings. The number of aliphatic hydroxyl groups excluding tert-OH is 1. The summed E-state index contributed by atoms with van der Waals surface area (Å²) in [5.74, 6) is -0.270. The molecular formula is C19H21N5O2. The summed E-state index contributed by atoms with van der Waals surface area (Å²) in [4.78, 5) is 12.9. The van der Waals surface area contributed by atoms with Crippen molar-refractivity contribution in [1.82, 2.24) is 25.5 Å². The van der Waals surface area contributed by atoms with Crippen LogP contribution in [0.3, 0.4) is 0 Å². The first-order chi connectivity index (χ1) is 12.6. The lowest BCUT2D eigenvalue weighted by Gasteiger charge is -2.19. The van der Waals surface area contributed by atoms with Gasteiger partial charge >= 0.3 is 0 Å². The van der Waals surface area contributed by atoms with Crippen molar-refractivity contribution in [3.8, 4) is 5.69 Å². The molecule has 0 spiro atoms. The van der Waals surface area contributed by atoms with E-state index in [0.717, 1.165) is 16.7 Å². The maximum Gasteiger partial charge on any atom is 0.253 e. The Labute approximate surface area is 151 Å². The molecule has 3 rings (SSSR count). The van der Waals surface area contributed by atoms with Gasteiger partial charge in [-0.15, -0.1) is 5.10 Å². The molecule has 1 amide bonds. The minimum atomic E-state index is -0.381. The number of carbonyl (C=O) groups is 1. The van der Waals surface area contributed by atoms with Crippen LogP contribution in [0, 0.1) is 13.8 Å². The summed E-state index contributed by atoms with van der Waals surface area (Å²) in [6.45, 7) is 3.75. The molecule has 3 aromatic rings. The highest BCUT2D eigenvalue weighted by atomic mass is 16.3. The molecule has 0 aliphatic heterocycles. The average molecular weight is 351 g/mol. The molecule has 1 atom stereocenters. The quantitative estimate of drug-likeness (QED) is 0.704. The van der Waals surface area contributed by atoms with Crippen LogP contribution >= 0.6 is 0 Å². The van der Waals surface area contributed by atoms with Crippen LogP contribution in [0.4, 0.5) is 0 Å².